The summed E-state index contributed by atoms with van der Waals surface area (Å²) in [5.74, 6) is 0.442. The van der Waals surface area contributed by atoms with Gasteiger partial charge in [0, 0.05) is 32.0 Å². The van der Waals surface area contributed by atoms with Crippen LogP contribution in [-0.2, 0) is 17.4 Å². The Morgan fingerprint density at radius 3 is 2.56 bits per heavy atom. The summed E-state index contributed by atoms with van der Waals surface area (Å²) in [6.07, 6.45) is 1.20. The Morgan fingerprint density at radius 1 is 1.19 bits per heavy atom. The lowest BCUT2D eigenvalue weighted by Crippen LogP contribution is -2.44. The molecule has 1 amide bonds. The summed E-state index contributed by atoms with van der Waals surface area (Å²) in [6.45, 7) is 1.78. The largest absolute Gasteiger partial charge is 0.416 e. The number of aromatic nitrogens is 2. The lowest BCUT2D eigenvalue weighted by molar-refractivity contribution is -0.137. The summed E-state index contributed by atoms with van der Waals surface area (Å²) in [7, 11) is 0. The van der Waals surface area contributed by atoms with Gasteiger partial charge in [0.15, 0.2) is 0 Å². The lowest BCUT2D eigenvalue weighted by atomic mass is 9.97. The van der Waals surface area contributed by atoms with Gasteiger partial charge in [-0.2, -0.15) is 13.2 Å². The highest BCUT2D eigenvalue weighted by Gasteiger charge is 2.30. The maximum absolute atomic E-state index is 12.6. The van der Waals surface area contributed by atoms with E-state index in [1.54, 1.807) is 18.5 Å². The minimum Gasteiger partial charge on any atom is -0.355 e. The third-order valence-corrected chi connectivity index (χ3v) is 4.62. The van der Waals surface area contributed by atoms with Crippen LogP contribution in [-0.4, -0.2) is 35.5 Å². The standard InChI is InChI=1S/C19H21F3N4O/c20-19(21,22)16-6-4-14(5-7-16)8-11-23-17(27)15-3-1-12-26(13-15)18-24-9-2-10-25-18/h2,4-7,9-10,15H,1,3,8,11-13H2,(H,23,27). The molecule has 0 bridgehead atoms. The van der Waals surface area contributed by atoms with Gasteiger partial charge >= 0.3 is 6.18 Å². The van der Waals surface area contributed by atoms with Crippen LogP contribution < -0.4 is 10.2 Å². The van der Waals surface area contributed by atoms with Crippen LogP contribution in [0, 0.1) is 5.92 Å². The summed E-state index contributed by atoms with van der Waals surface area (Å²) in [5, 5.41) is 2.89. The Balaban J connectivity index is 1.47. The zero-order valence-electron chi connectivity index (χ0n) is 14.7. The van der Waals surface area contributed by atoms with Crippen molar-refractivity contribution >= 4 is 11.9 Å². The van der Waals surface area contributed by atoms with Crippen molar-refractivity contribution in [3.05, 3.63) is 53.9 Å². The van der Waals surface area contributed by atoms with Gasteiger partial charge in [0.2, 0.25) is 11.9 Å². The molecule has 1 N–H and O–H groups in total. The smallest absolute Gasteiger partial charge is 0.355 e. The molecular weight excluding hydrogens is 357 g/mol. The fraction of sp³-hybridized carbons (Fsp3) is 0.421. The van der Waals surface area contributed by atoms with Gasteiger partial charge in [-0.15, -0.1) is 0 Å². The first-order valence-corrected chi connectivity index (χ1v) is 8.89. The number of amides is 1. The number of benzene rings is 1. The number of hydrogen-bond acceptors (Lipinski definition) is 4. The van der Waals surface area contributed by atoms with Crippen molar-refractivity contribution in [3.8, 4) is 0 Å². The molecule has 0 saturated carbocycles. The predicted molar refractivity (Wildman–Crippen MR) is 95.1 cm³/mol. The van der Waals surface area contributed by atoms with Gasteiger partial charge in [0.05, 0.1) is 11.5 Å². The first kappa shape index (κ1) is 19.1. The second-order valence-corrected chi connectivity index (χ2v) is 6.57. The zero-order chi connectivity index (χ0) is 19.3. The predicted octanol–water partition coefficient (Wildman–Crippen LogP) is 3.07. The quantitative estimate of drug-likeness (QED) is 0.869. The second-order valence-electron chi connectivity index (χ2n) is 6.57. The van der Waals surface area contributed by atoms with Crippen LogP contribution in [0.4, 0.5) is 19.1 Å². The maximum atomic E-state index is 12.6. The molecule has 1 aromatic heterocycles. The number of carbonyl (C=O) groups is 1. The fourth-order valence-corrected chi connectivity index (χ4v) is 3.16. The molecule has 8 heteroatoms. The maximum Gasteiger partial charge on any atom is 0.416 e. The Bertz CT molecular complexity index is 750. The molecule has 2 aromatic rings. The third-order valence-electron chi connectivity index (χ3n) is 4.62. The minimum atomic E-state index is -4.33. The van der Waals surface area contributed by atoms with E-state index >= 15 is 0 Å². The van der Waals surface area contributed by atoms with Crippen molar-refractivity contribution in [1.29, 1.82) is 0 Å². The number of piperidine rings is 1. The van der Waals surface area contributed by atoms with Gasteiger partial charge < -0.3 is 10.2 Å². The molecule has 1 saturated heterocycles. The van der Waals surface area contributed by atoms with Crippen molar-refractivity contribution in [1.82, 2.24) is 15.3 Å². The molecule has 2 heterocycles. The molecule has 0 spiro atoms. The van der Waals surface area contributed by atoms with Crippen molar-refractivity contribution in [2.24, 2.45) is 5.92 Å². The average molecular weight is 378 g/mol. The van der Waals surface area contributed by atoms with Gasteiger partial charge in [-0.05, 0) is 43.0 Å². The molecule has 1 fully saturated rings. The summed E-state index contributed by atoms with van der Waals surface area (Å²) < 4.78 is 37.7. The van der Waals surface area contributed by atoms with E-state index < -0.39 is 11.7 Å². The van der Waals surface area contributed by atoms with E-state index in [1.807, 2.05) is 4.90 Å². The molecule has 0 radical (unpaired) electrons. The summed E-state index contributed by atoms with van der Waals surface area (Å²) >= 11 is 0. The monoisotopic (exact) mass is 378 g/mol. The van der Waals surface area contributed by atoms with Crippen molar-refractivity contribution in [3.63, 3.8) is 0 Å². The first-order valence-electron chi connectivity index (χ1n) is 8.89. The van der Waals surface area contributed by atoms with Gasteiger partial charge in [-0.1, -0.05) is 12.1 Å². The second kappa shape index (κ2) is 8.37. The van der Waals surface area contributed by atoms with Crippen molar-refractivity contribution < 1.29 is 18.0 Å². The lowest BCUT2D eigenvalue weighted by Gasteiger charge is -2.31. The summed E-state index contributed by atoms with van der Waals surface area (Å²) in [5.41, 5.74) is 0.0898. The Kier molecular flexibility index (Phi) is 5.93. The highest BCUT2D eigenvalue weighted by molar-refractivity contribution is 5.79. The molecule has 5 nitrogen and oxygen atoms in total. The summed E-state index contributed by atoms with van der Waals surface area (Å²) in [6, 6.07) is 6.78. The number of halogens is 3. The van der Waals surface area contributed by atoms with Gasteiger partial charge in [-0.25, -0.2) is 9.97 Å². The van der Waals surface area contributed by atoms with E-state index in [-0.39, 0.29) is 11.8 Å². The Hall–Kier alpha value is -2.64. The molecule has 1 unspecified atom stereocenters. The molecule has 144 valence electrons. The topological polar surface area (TPSA) is 58.1 Å². The Morgan fingerprint density at radius 2 is 1.89 bits per heavy atom. The number of carbonyl (C=O) groups excluding carboxylic acids is 1. The van der Waals surface area contributed by atoms with Crippen LogP contribution in [0.2, 0.25) is 0 Å². The SMILES string of the molecule is O=C(NCCc1ccc(C(F)(F)F)cc1)C1CCCN(c2ncccn2)C1. The number of nitrogens with one attached hydrogen (secondary N) is 1. The third kappa shape index (κ3) is 5.18. The molecule has 1 aliphatic heterocycles. The Labute approximate surface area is 155 Å². The van der Waals surface area contributed by atoms with Crippen LogP contribution in [0.15, 0.2) is 42.7 Å². The van der Waals surface area contributed by atoms with Gasteiger partial charge in [0.1, 0.15) is 0 Å². The van der Waals surface area contributed by atoms with Gasteiger partial charge in [-0.3, -0.25) is 4.79 Å². The normalized spacial score (nSPS) is 17.6. The van der Waals surface area contributed by atoms with Crippen LogP contribution >= 0.6 is 0 Å². The number of nitrogens with zero attached hydrogens (tertiary/aromatic N) is 3. The highest BCUT2D eigenvalue weighted by atomic mass is 19.4. The van der Waals surface area contributed by atoms with Crippen LogP contribution in [0.3, 0.4) is 0 Å². The molecular formula is C19H21F3N4O. The van der Waals surface area contributed by atoms with E-state index in [9.17, 15) is 18.0 Å². The number of rotatable bonds is 5. The number of hydrogen-bond donors (Lipinski definition) is 1. The minimum absolute atomic E-state index is 0.0393. The van der Waals surface area contributed by atoms with Crippen LogP contribution in [0.5, 0.6) is 0 Å². The first-order chi connectivity index (χ1) is 12.9. The molecule has 1 atom stereocenters. The molecule has 0 aliphatic carbocycles. The van der Waals surface area contributed by atoms with E-state index in [0.29, 0.717) is 25.5 Å². The van der Waals surface area contributed by atoms with E-state index in [4.69, 9.17) is 0 Å². The molecule has 1 aliphatic rings. The average Bonchev–Trinajstić information content (AvgIpc) is 2.68. The fourth-order valence-electron chi connectivity index (χ4n) is 3.16. The highest BCUT2D eigenvalue weighted by Crippen LogP contribution is 2.29. The molecule has 1 aromatic carbocycles. The van der Waals surface area contributed by atoms with Crippen LogP contribution in [0.25, 0.3) is 0 Å². The number of alkyl halides is 3. The van der Waals surface area contributed by atoms with Crippen molar-refractivity contribution in [2.45, 2.75) is 25.4 Å². The van der Waals surface area contributed by atoms with E-state index in [0.717, 1.165) is 37.1 Å². The van der Waals surface area contributed by atoms with E-state index in [2.05, 4.69) is 15.3 Å². The zero-order valence-corrected chi connectivity index (χ0v) is 14.7. The molecule has 3 rings (SSSR count). The van der Waals surface area contributed by atoms with Crippen LogP contribution in [0.1, 0.15) is 24.0 Å². The van der Waals surface area contributed by atoms with E-state index in [1.165, 1.54) is 12.1 Å². The number of anilines is 1. The van der Waals surface area contributed by atoms with Gasteiger partial charge in [0.25, 0.3) is 0 Å². The summed E-state index contributed by atoms with van der Waals surface area (Å²) in [4.78, 5) is 22.9. The van der Waals surface area contributed by atoms with Crippen molar-refractivity contribution in [2.75, 3.05) is 24.5 Å². The molecule has 27 heavy (non-hydrogen) atoms.